The first kappa shape index (κ1) is 34.2. The first-order valence-corrected chi connectivity index (χ1v) is 20.7. The van der Waals surface area contributed by atoms with Gasteiger partial charge in [-0.2, -0.15) is 0 Å². The fourth-order valence-electron chi connectivity index (χ4n) is 10.8. The molecular formula is C54H45NO2. The molecule has 0 aromatic heterocycles. The molecule has 0 fully saturated rings. The largest absolute Gasteiger partial charge is 0.314 e. The third-order valence-corrected chi connectivity index (χ3v) is 13.8. The van der Waals surface area contributed by atoms with Gasteiger partial charge in [0.15, 0.2) is 11.6 Å². The third kappa shape index (κ3) is 5.04. The molecule has 0 unspecified atom stereocenters. The summed E-state index contributed by atoms with van der Waals surface area (Å²) in [5.41, 5.74) is 19.6. The van der Waals surface area contributed by atoms with Crippen LogP contribution in [-0.4, -0.2) is 11.6 Å². The number of hydrogen-bond donors (Lipinski definition) is 0. The Balaban J connectivity index is 0.989. The van der Waals surface area contributed by atoms with Crippen LogP contribution in [0, 0.1) is 0 Å². The number of hydrogen-bond acceptors (Lipinski definition) is 3. The van der Waals surface area contributed by atoms with E-state index in [1.54, 1.807) is 6.08 Å². The molecule has 3 heteroatoms. The van der Waals surface area contributed by atoms with Crippen LogP contribution in [0.1, 0.15) is 119 Å². The average Bonchev–Trinajstić information content (AvgIpc) is 3.71. The maximum atomic E-state index is 13.6. The van der Waals surface area contributed by atoms with E-state index in [0.29, 0.717) is 11.1 Å². The molecule has 278 valence electrons. The lowest BCUT2D eigenvalue weighted by Gasteiger charge is -2.33. The van der Waals surface area contributed by atoms with Crippen LogP contribution in [0.4, 0.5) is 11.4 Å². The van der Waals surface area contributed by atoms with Crippen molar-refractivity contribution in [2.24, 2.45) is 0 Å². The molecule has 0 bridgehead atoms. The molecule has 0 heterocycles. The van der Waals surface area contributed by atoms with Crippen molar-refractivity contribution in [1.29, 1.82) is 0 Å². The van der Waals surface area contributed by atoms with Crippen molar-refractivity contribution >= 4 is 57.0 Å². The summed E-state index contributed by atoms with van der Waals surface area (Å²) in [7, 11) is 0. The molecule has 5 aromatic carbocycles. The molecule has 0 amide bonds. The van der Waals surface area contributed by atoms with Crippen LogP contribution in [0.15, 0.2) is 138 Å². The van der Waals surface area contributed by atoms with Gasteiger partial charge in [0, 0.05) is 39.0 Å². The quantitative estimate of drug-likeness (QED) is 0.136. The van der Waals surface area contributed by atoms with Gasteiger partial charge >= 0.3 is 0 Å². The van der Waals surface area contributed by atoms with Crippen LogP contribution < -0.4 is 4.90 Å². The first-order chi connectivity index (χ1) is 27.6. The molecule has 0 radical (unpaired) electrons. The van der Waals surface area contributed by atoms with Crippen LogP contribution in [-0.2, 0) is 17.3 Å². The molecule has 0 saturated heterocycles. The minimum Gasteiger partial charge on any atom is -0.314 e. The highest BCUT2D eigenvalue weighted by atomic mass is 16.2. The van der Waals surface area contributed by atoms with Crippen LogP contribution in [0.25, 0.3) is 34.1 Å². The van der Waals surface area contributed by atoms with Gasteiger partial charge in [0.2, 0.25) is 0 Å². The maximum absolute atomic E-state index is 13.6. The number of allylic oxidation sites excluding steroid dienone is 10. The van der Waals surface area contributed by atoms with Crippen LogP contribution >= 0.6 is 0 Å². The monoisotopic (exact) mass is 739 g/mol. The number of aryl methyl sites for hydroxylation is 1. The fourth-order valence-corrected chi connectivity index (χ4v) is 10.8. The number of nitrogens with zero attached hydrogens (tertiary/aromatic N) is 1. The second-order valence-corrected chi connectivity index (χ2v) is 17.8. The molecular weight excluding hydrogens is 695 g/mol. The molecule has 0 spiro atoms. The lowest BCUT2D eigenvalue weighted by atomic mass is 9.79. The highest BCUT2D eigenvalue weighted by Crippen LogP contribution is 2.54. The summed E-state index contributed by atoms with van der Waals surface area (Å²) in [5, 5.41) is 1.94. The van der Waals surface area contributed by atoms with E-state index in [1.807, 2.05) is 36.4 Å². The number of Topliss-reactive ketones (excluding diaryl/α,β-unsaturated/α-hetero) is 2. The van der Waals surface area contributed by atoms with Crippen molar-refractivity contribution in [1.82, 2.24) is 0 Å². The zero-order valence-corrected chi connectivity index (χ0v) is 33.1. The standard InChI is InChI=1S/C54H45NO2/c1-53(2)47-15-9-7-13-40(47)42-23-21-38(30-49(42)53)55(39-22-24-43-41-14-8-10-16-48(41)54(3,4)50(43)31-39)37-20-19-35-25-32(17-18-36(35)27-37)26-46-51(56)44-28-33-11-5-6-12-34(33)29-45(44)52(46)57/h5-6,9-12,15-18,21-31H,7-8,13-14,19-20H2,1-4H3. The topological polar surface area (TPSA) is 37.4 Å². The number of benzene rings is 5. The molecule has 6 aliphatic carbocycles. The zero-order valence-electron chi connectivity index (χ0n) is 33.1. The molecule has 0 saturated carbocycles. The van der Waals surface area contributed by atoms with Crippen LogP contribution in [0.2, 0.25) is 0 Å². The number of ketones is 2. The van der Waals surface area contributed by atoms with Crippen molar-refractivity contribution in [3.63, 3.8) is 0 Å². The number of carbonyl (C=O) groups excluding carboxylic acids is 2. The van der Waals surface area contributed by atoms with Gasteiger partial charge in [-0.05, 0) is 159 Å². The van der Waals surface area contributed by atoms with E-state index < -0.39 is 0 Å². The number of carbonyl (C=O) groups is 2. The molecule has 6 aliphatic rings. The summed E-state index contributed by atoms with van der Waals surface area (Å²) in [6.07, 6.45) is 19.7. The Morgan fingerprint density at radius 2 is 1.14 bits per heavy atom. The zero-order chi connectivity index (χ0) is 38.8. The molecule has 5 aromatic rings. The summed E-state index contributed by atoms with van der Waals surface area (Å²) < 4.78 is 0. The van der Waals surface area contributed by atoms with Crippen molar-refractivity contribution in [3.8, 4) is 0 Å². The SMILES string of the molecule is CC1(C)C2=C(CCC=C2)c2ccc(N(C3=Cc4ccc(C=C5C(=O)c6cc7ccccc7cc6C5=O)cc4CC3)c3ccc4c(c3)C(C)(C)C3=C4CCC=C3)cc21. The summed E-state index contributed by atoms with van der Waals surface area (Å²) in [5.74, 6) is -0.379. The fraction of sp³-hybridized carbons (Fsp3) is 0.222. The van der Waals surface area contributed by atoms with E-state index in [1.165, 1.54) is 72.7 Å². The Morgan fingerprint density at radius 1 is 0.579 bits per heavy atom. The van der Waals surface area contributed by atoms with Gasteiger partial charge in [-0.1, -0.05) is 107 Å². The van der Waals surface area contributed by atoms with E-state index in [0.717, 1.165) is 54.9 Å². The molecule has 57 heavy (non-hydrogen) atoms. The Bertz CT molecular complexity index is 2720. The van der Waals surface area contributed by atoms with E-state index in [-0.39, 0.29) is 28.0 Å². The summed E-state index contributed by atoms with van der Waals surface area (Å²) in [4.78, 5) is 29.7. The predicted octanol–water partition coefficient (Wildman–Crippen LogP) is 13.2. The van der Waals surface area contributed by atoms with E-state index in [4.69, 9.17) is 0 Å². The third-order valence-electron chi connectivity index (χ3n) is 13.8. The Morgan fingerprint density at radius 3 is 1.70 bits per heavy atom. The van der Waals surface area contributed by atoms with Gasteiger partial charge in [-0.25, -0.2) is 0 Å². The Kier molecular flexibility index (Phi) is 7.33. The van der Waals surface area contributed by atoms with Crippen molar-refractivity contribution in [3.05, 3.63) is 188 Å². The van der Waals surface area contributed by atoms with Crippen molar-refractivity contribution in [2.45, 2.75) is 77.0 Å². The second-order valence-electron chi connectivity index (χ2n) is 17.8. The lowest BCUT2D eigenvalue weighted by molar-refractivity contribution is 0.0990. The summed E-state index contributed by atoms with van der Waals surface area (Å²) >= 11 is 0. The van der Waals surface area contributed by atoms with E-state index >= 15 is 0 Å². The molecule has 0 N–H and O–H groups in total. The van der Waals surface area contributed by atoms with Crippen LogP contribution in [0.3, 0.4) is 0 Å². The van der Waals surface area contributed by atoms with E-state index in [9.17, 15) is 9.59 Å². The number of fused-ring (bicyclic) bond motifs is 7. The van der Waals surface area contributed by atoms with Gasteiger partial charge in [0.05, 0.1) is 5.57 Å². The average molecular weight is 740 g/mol. The lowest BCUT2D eigenvalue weighted by Crippen LogP contribution is -2.22. The number of anilines is 2. The first-order valence-electron chi connectivity index (χ1n) is 20.7. The molecule has 3 nitrogen and oxygen atoms in total. The van der Waals surface area contributed by atoms with Crippen LogP contribution in [0.5, 0.6) is 0 Å². The second kappa shape index (κ2) is 12.2. The van der Waals surface area contributed by atoms with Gasteiger partial charge < -0.3 is 4.90 Å². The highest BCUT2D eigenvalue weighted by molar-refractivity contribution is 6.42. The smallest absolute Gasteiger partial charge is 0.197 e. The van der Waals surface area contributed by atoms with Gasteiger partial charge in [0.25, 0.3) is 0 Å². The Hall–Kier alpha value is -6.06. The molecule has 0 aliphatic heterocycles. The van der Waals surface area contributed by atoms with Crippen molar-refractivity contribution in [2.75, 3.05) is 4.90 Å². The molecule has 0 atom stereocenters. The normalized spacial score (nSPS) is 19.3. The molecule has 11 rings (SSSR count). The van der Waals surface area contributed by atoms with E-state index in [2.05, 4.69) is 118 Å². The maximum Gasteiger partial charge on any atom is 0.197 e. The highest BCUT2D eigenvalue weighted by Gasteiger charge is 2.40. The van der Waals surface area contributed by atoms with Crippen molar-refractivity contribution < 1.29 is 9.59 Å². The minimum atomic E-state index is -0.189. The predicted molar refractivity (Wildman–Crippen MR) is 235 cm³/mol. The number of rotatable bonds is 4. The van der Waals surface area contributed by atoms with Gasteiger partial charge in [0.1, 0.15) is 0 Å². The Labute approximate surface area is 335 Å². The summed E-state index contributed by atoms with van der Waals surface area (Å²) in [6, 6.07) is 32.4. The summed E-state index contributed by atoms with van der Waals surface area (Å²) in [6.45, 7) is 9.54. The van der Waals surface area contributed by atoms with Gasteiger partial charge in [-0.3, -0.25) is 9.59 Å². The minimum absolute atomic E-state index is 0.0616. The van der Waals surface area contributed by atoms with Gasteiger partial charge in [-0.15, -0.1) is 0 Å².